The lowest BCUT2D eigenvalue weighted by Gasteiger charge is -2.07. The molecule has 0 spiro atoms. The molecule has 4 aromatic carbocycles. The number of thioether (sulfide) groups is 1. The second kappa shape index (κ2) is 12.6. The molecule has 0 aliphatic carbocycles. The van der Waals surface area contributed by atoms with Crippen LogP contribution in [0.5, 0.6) is 0 Å². The highest BCUT2D eigenvalue weighted by Crippen LogP contribution is 2.32. The third-order valence-corrected chi connectivity index (χ3v) is 8.28. The highest BCUT2D eigenvalue weighted by molar-refractivity contribution is 7.99. The van der Waals surface area contributed by atoms with Crippen molar-refractivity contribution in [2.45, 2.75) is 45.6 Å². The van der Waals surface area contributed by atoms with Gasteiger partial charge in [-0.25, -0.2) is 4.79 Å². The number of benzene rings is 4. The first-order valence-electron chi connectivity index (χ1n) is 13.9. The molecule has 1 aromatic heterocycles. The Labute approximate surface area is 249 Å². The van der Waals surface area contributed by atoms with E-state index in [4.69, 9.17) is 4.84 Å². The number of Topliss-reactive ketones (excluding diaryl/α,β-unsaturated/α-hetero) is 1. The van der Waals surface area contributed by atoms with Crippen molar-refractivity contribution in [1.29, 1.82) is 0 Å². The molecule has 0 radical (unpaired) electrons. The zero-order valence-corrected chi connectivity index (χ0v) is 25.0. The van der Waals surface area contributed by atoms with E-state index >= 15 is 0 Å². The maximum atomic E-state index is 13.7. The Morgan fingerprint density at radius 3 is 2.12 bits per heavy atom. The molecule has 0 atom stereocenters. The summed E-state index contributed by atoms with van der Waals surface area (Å²) in [5.74, 6) is -0.330. The van der Waals surface area contributed by atoms with Gasteiger partial charge in [-0.05, 0) is 74.9 Å². The highest BCUT2D eigenvalue weighted by Gasteiger charge is 2.20. The number of carbonyl (C=O) groups is 3. The van der Waals surface area contributed by atoms with E-state index in [0.29, 0.717) is 28.9 Å². The van der Waals surface area contributed by atoms with E-state index in [-0.39, 0.29) is 17.3 Å². The molecular weight excluding hydrogens is 544 g/mol. The van der Waals surface area contributed by atoms with Crippen LogP contribution in [0.1, 0.15) is 57.7 Å². The molecule has 0 aliphatic rings. The van der Waals surface area contributed by atoms with Gasteiger partial charge in [0.2, 0.25) is 5.78 Å². The number of carbonyl (C=O) groups excluding carboxylic acids is 3. The molecule has 7 heteroatoms. The van der Waals surface area contributed by atoms with Crippen LogP contribution in [0.15, 0.2) is 95.0 Å². The van der Waals surface area contributed by atoms with Crippen molar-refractivity contribution in [2.24, 2.45) is 5.16 Å². The Morgan fingerprint density at radius 1 is 0.833 bits per heavy atom. The minimum absolute atomic E-state index is 0.0403. The predicted molar refractivity (Wildman–Crippen MR) is 170 cm³/mol. The number of oxime groups is 1. The molecule has 6 nitrogen and oxygen atoms in total. The van der Waals surface area contributed by atoms with Gasteiger partial charge in [0.25, 0.3) is 0 Å². The normalized spacial score (nSPS) is 11.7. The molecule has 0 amide bonds. The van der Waals surface area contributed by atoms with Crippen LogP contribution in [-0.4, -0.2) is 33.6 Å². The fourth-order valence-electron chi connectivity index (χ4n) is 5.10. The van der Waals surface area contributed by atoms with Gasteiger partial charge in [0.05, 0.1) is 0 Å². The van der Waals surface area contributed by atoms with Gasteiger partial charge >= 0.3 is 5.97 Å². The predicted octanol–water partition coefficient (Wildman–Crippen LogP) is 7.95. The van der Waals surface area contributed by atoms with Gasteiger partial charge in [-0.2, -0.15) is 0 Å². The van der Waals surface area contributed by atoms with Gasteiger partial charge in [-0.1, -0.05) is 47.1 Å². The number of aryl methyl sites for hydroxylation is 3. The fourth-order valence-corrected chi connectivity index (χ4v) is 5.96. The lowest BCUT2D eigenvalue weighted by atomic mass is 9.97. The highest BCUT2D eigenvalue weighted by atomic mass is 32.2. The zero-order chi connectivity index (χ0) is 29.8. The molecule has 0 saturated carbocycles. The summed E-state index contributed by atoms with van der Waals surface area (Å²) in [5.41, 5.74) is 5.94. The van der Waals surface area contributed by atoms with Gasteiger partial charge < -0.3 is 9.40 Å². The van der Waals surface area contributed by atoms with Crippen LogP contribution in [0.4, 0.5) is 0 Å². The quantitative estimate of drug-likeness (QED) is 0.0554. The van der Waals surface area contributed by atoms with Gasteiger partial charge in [-0.15, -0.1) is 11.8 Å². The number of fused-ring (bicyclic) bond motifs is 3. The van der Waals surface area contributed by atoms with Crippen molar-refractivity contribution in [3.63, 3.8) is 0 Å². The monoisotopic (exact) mass is 576 g/mol. The average molecular weight is 577 g/mol. The Bertz CT molecular complexity index is 1850. The molecule has 0 saturated heterocycles. The van der Waals surface area contributed by atoms with Crippen molar-refractivity contribution in [3.8, 4) is 0 Å². The molecule has 0 unspecified atom stereocenters. The molecule has 0 aliphatic heterocycles. The summed E-state index contributed by atoms with van der Waals surface area (Å²) in [5, 5.41) is 5.71. The average Bonchev–Trinajstić information content (AvgIpc) is 3.31. The van der Waals surface area contributed by atoms with E-state index in [1.54, 1.807) is 17.8 Å². The van der Waals surface area contributed by atoms with Gasteiger partial charge in [0, 0.05) is 69.0 Å². The van der Waals surface area contributed by atoms with Crippen LogP contribution in [0.25, 0.3) is 21.8 Å². The van der Waals surface area contributed by atoms with Crippen molar-refractivity contribution in [3.05, 3.63) is 113 Å². The number of hydrogen-bond donors (Lipinski definition) is 0. The maximum absolute atomic E-state index is 13.7. The molecular formula is C35H32N2O4S. The summed E-state index contributed by atoms with van der Waals surface area (Å²) in [7, 11) is 0. The Kier molecular flexibility index (Phi) is 8.69. The van der Waals surface area contributed by atoms with Crippen LogP contribution >= 0.6 is 11.8 Å². The molecule has 0 fully saturated rings. The van der Waals surface area contributed by atoms with E-state index in [1.165, 1.54) is 12.5 Å². The largest absolute Gasteiger partial charge is 0.341 e. The summed E-state index contributed by atoms with van der Waals surface area (Å²) in [6.45, 7) is 8.03. The SMILES string of the molecule is CCn1c2ccc(C(=O)/C(CCSc3ccc(C)cc3)=N\OC(C)=O)cc2c2cc(C(=O)c3ccccc3C)ccc21. The minimum Gasteiger partial charge on any atom is -0.341 e. The van der Waals surface area contributed by atoms with Crippen LogP contribution in [0, 0.1) is 13.8 Å². The summed E-state index contributed by atoms with van der Waals surface area (Å²) in [6.07, 6.45) is 0.328. The fraction of sp³-hybridized carbons (Fsp3) is 0.200. The second-order valence-electron chi connectivity index (χ2n) is 10.2. The molecule has 5 rings (SSSR count). The summed E-state index contributed by atoms with van der Waals surface area (Å²) in [4.78, 5) is 44.6. The molecule has 0 bridgehead atoms. The lowest BCUT2D eigenvalue weighted by molar-refractivity contribution is -0.140. The Balaban J connectivity index is 1.50. The standard InChI is InChI=1S/C35H32N2O4S/c1-5-37-32-16-12-25(34(39)28-9-7-6-8-23(28)3)20-29(32)30-21-26(13-17-33(30)37)35(40)31(36-41-24(4)38)18-19-42-27-14-10-22(2)11-15-27/h6-17,20-21H,5,18-19H2,1-4H3/b36-31-. The van der Waals surface area contributed by atoms with Crippen LogP contribution in [-0.2, 0) is 16.2 Å². The van der Waals surface area contributed by atoms with Crippen LogP contribution in [0.2, 0.25) is 0 Å². The van der Waals surface area contributed by atoms with E-state index in [2.05, 4.69) is 16.6 Å². The lowest BCUT2D eigenvalue weighted by Crippen LogP contribution is -2.16. The molecule has 1 heterocycles. The van der Waals surface area contributed by atoms with Gasteiger partial charge in [0.15, 0.2) is 5.78 Å². The van der Waals surface area contributed by atoms with Crippen molar-refractivity contribution >= 4 is 56.8 Å². The molecule has 42 heavy (non-hydrogen) atoms. The maximum Gasteiger partial charge on any atom is 0.331 e. The third kappa shape index (κ3) is 6.06. The number of aromatic nitrogens is 1. The first kappa shape index (κ1) is 29.0. The molecule has 0 N–H and O–H groups in total. The minimum atomic E-state index is -0.584. The number of nitrogens with zero attached hydrogens (tertiary/aromatic N) is 2. The van der Waals surface area contributed by atoms with E-state index in [1.807, 2.05) is 92.7 Å². The van der Waals surface area contributed by atoms with E-state index in [9.17, 15) is 14.4 Å². The van der Waals surface area contributed by atoms with E-state index < -0.39 is 5.97 Å². The van der Waals surface area contributed by atoms with Crippen molar-refractivity contribution < 1.29 is 19.2 Å². The first-order valence-corrected chi connectivity index (χ1v) is 14.9. The zero-order valence-electron chi connectivity index (χ0n) is 24.1. The summed E-state index contributed by atoms with van der Waals surface area (Å²) in [6, 6.07) is 27.1. The van der Waals surface area contributed by atoms with Crippen LogP contribution < -0.4 is 0 Å². The van der Waals surface area contributed by atoms with E-state index in [0.717, 1.165) is 38.8 Å². The molecule has 212 valence electrons. The number of rotatable bonds is 10. The van der Waals surface area contributed by atoms with Gasteiger partial charge in [-0.3, -0.25) is 9.59 Å². The van der Waals surface area contributed by atoms with Gasteiger partial charge in [0.1, 0.15) is 5.71 Å². The van der Waals surface area contributed by atoms with Crippen molar-refractivity contribution in [2.75, 3.05) is 5.75 Å². The number of ketones is 2. The second-order valence-corrected chi connectivity index (χ2v) is 11.4. The Hall–Kier alpha value is -4.49. The Morgan fingerprint density at radius 2 is 1.48 bits per heavy atom. The summed E-state index contributed by atoms with van der Waals surface area (Å²) >= 11 is 1.61. The third-order valence-electron chi connectivity index (χ3n) is 7.27. The molecule has 5 aromatic rings. The smallest absolute Gasteiger partial charge is 0.331 e. The topological polar surface area (TPSA) is 77.7 Å². The number of hydrogen-bond acceptors (Lipinski definition) is 6. The van der Waals surface area contributed by atoms with Crippen molar-refractivity contribution in [1.82, 2.24) is 4.57 Å². The summed E-state index contributed by atoms with van der Waals surface area (Å²) < 4.78 is 2.17. The van der Waals surface area contributed by atoms with Crippen LogP contribution in [0.3, 0.4) is 0 Å². The first-order chi connectivity index (χ1) is 20.3.